The number of carboxylic acids is 1. The first kappa shape index (κ1) is 36.4. The Morgan fingerprint density at radius 3 is 2.34 bits per heavy atom. The van der Waals surface area contributed by atoms with Gasteiger partial charge in [0.25, 0.3) is 5.69 Å². The molecule has 0 saturated carbocycles. The number of nitrogens with one attached hydrogen (secondary N) is 5. The van der Waals surface area contributed by atoms with Gasteiger partial charge in [0.15, 0.2) is 5.96 Å². The molecule has 2 aromatic rings. The smallest absolute Gasteiger partial charge is 0.303 e. The SMILES string of the molecule is Cc1ccc(S(=O)(=O)N[C@@H](CCC(=O)O)C(=O)N2CCC[C@H]2C(=O)N[C@@H](CCCNC(=N)N)C(=O)Nc2ccc([N+](=O)[O-])cc2)cc1. The topological polar surface area (TPSA) is 267 Å². The zero-order valence-electron chi connectivity index (χ0n) is 25.6. The monoisotopic (exact) mass is 674 g/mol. The first-order chi connectivity index (χ1) is 22.2. The Kier molecular flexibility index (Phi) is 12.7. The molecule has 17 nitrogen and oxygen atoms in total. The van der Waals surface area contributed by atoms with Crippen LogP contribution in [0.5, 0.6) is 0 Å². The molecule has 1 saturated heterocycles. The summed E-state index contributed by atoms with van der Waals surface area (Å²) in [6.45, 7) is 2.08. The maximum absolute atomic E-state index is 13.7. The largest absolute Gasteiger partial charge is 0.481 e. The Hall–Kier alpha value is -5.10. The normalized spacial score (nSPS) is 15.7. The summed E-state index contributed by atoms with van der Waals surface area (Å²) < 4.78 is 28.5. The molecule has 0 aromatic heterocycles. The number of guanidine groups is 1. The summed E-state index contributed by atoms with van der Waals surface area (Å²) >= 11 is 0. The quantitative estimate of drug-likeness (QED) is 0.0430. The molecule has 1 fully saturated rings. The van der Waals surface area contributed by atoms with Crippen LogP contribution in [-0.2, 0) is 29.2 Å². The van der Waals surface area contributed by atoms with Gasteiger partial charge in [-0.15, -0.1) is 0 Å². The van der Waals surface area contributed by atoms with E-state index in [1.54, 1.807) is 19.1 Å². The Morgan fingerprint density at radius 2 is 1.74 bits per heavy atom. The number of aliphatic carboxylic acids is 1. The van der Waals surface area contributed by atoms with Gasteiger partial charge in [-0.2, -0.15) is 4.72 Å². The van der Waals surface area contributed by atoms with Crippen LogP contribution >= 0.6 is 0 Å². The molecule has 0 unspecified atom stereocenters. The van der Waals surface area contributed by atoms with E-state index in [2.05, 4.69) is 20.7 Å². The van der Waals surface area contributed by atoms with E-state index in [0.29, 0.717) is 12.8 Å². The summed E-state index contributed by atoms with van der Waals surface area (Å²) in [7, 11) is -4.23. The molecule has 254 valence electrons. The summed E-state index contributed by atoms with van der Waals surface area (Å²) in [6.07, 6.45) is 0.0930. The fourth-order valence-electron chi connectivity index (χ4n) is 4.94. The second-order valence-electron chi connectivity index (χ2n) is 10.9. The standard InChI is InChI=1S/C29H38N8O9S/c1-18-6-12-21(13-7-18)47(45,46)35-23(14-15-25(38)39)28(42)36-17-3-5-24(36)27(41)34-22(4-2-16-32-29(30)31)26(40)33-19-8-10-20(11-9-19)37(43)44/h6-13,22-24,35H,2-5,14-17H2,1H3,(H,33,40)(H,34,41)(H,38,39)(H4,30,31,32)/t22-,23-,24-/m0/s1. The first-order valence-electron chi connectivity index (χ1n) is 14.7. The van der Waals surface area contributed by atoms with E-state index < -0.39 is 63.2 Å². The Morgan fingerprint density at radius 1 is 1.09 bits per heavy atom. The number of nitrogens with two attached hydrogens (primary N) is 1. The Labute approximate surface area is 271 Å². The summed E-state index contributed by atoms with van der Waals surface area (Å²) in [5, 5.41) is 35.4. The number of anilines is 1. The highest BCUT2D eigenvalue weighted by atomic mass is 32.2. The van der Waals surface area contributed by atoms with Gasteiger partial charge in [-0.1, -0.05) is 17.7 Å². The molecule has 3 rings (SSSR count). The second kappa shape index (κ2) is 16.5. The van der Waals surface area contributed by atoms with Gasteiger partial charge < -0.3 is 31.7 Å². The lowest BCUT2D eigenvalue weighted by atomic mass is 10.1. The number of hydrogen-bond acceptors (Lipinski definition) is 9. The molecule has 1 heterocycles. The van der Waals surface area contributed by atoms with Crippen molar-refractivity contribution in [3.63, 3.8) is 0 Å². The predicted octanol–water partition coefficient (Wildman–Crippen LogP) is 0.793. The van der Waals surface area contributed by atoms with Crippen molar-refractivity contribution in [2.45, 2.75) is 68.5 Å². The van der Waals surface area contributed by atoms with Gasteiger partial charge in [0, 0.05) is 37.3 Å². The molecule has 8 N–H and O–H groups in total. The number of nitrogens with zero attached hydrogens (tertiary/aromatic N) is 2. The summed E-state index contributed by atoms with van der Waals surface area (Å²) in [6, 6.07) is 7.25. The van der Waals surface area contributed by atoms with Crippen molar-refractivity contribution in [1.82, 2.24) is 20.3 Å². The number of carbonyl (C=O) groups excluding carboxylic acids is 3. The van der Waals surface area contributed by atoms with Crippen LogP contribution < -0.4 is 26.4 Å². The summed E-state index contributed by atoms with van der Waals surface area (Å²) in [5.74, 6) is -3.63. The molecule has 3 atom stereocenters. The van der Waals surface area contributed by atoms with Crippen molar-refractivity contribution in [3.8, 4) is 0 Å². The fraction of sp³-hybridized carbons (Fsp3) is 0.414. The van der Waals surface area contributed by atoms with E-state index in [9.17, 15) is 42.8 Å². The van der Waals surface area contributed by atoms with Gasteiger partial charge in [-0.05, 0) is 63.3 Å². The number of benzene rings is 2. The van der Waals surface area contributed by atoms with Crippen molar-refractivity contribution in [2.75, 3.05) is 18.4 Å². The van der Waals surface area contributed by atoms with Crippen LogP contribution in [0.15, 0.2) is 53.4 Å². The molecule has 1 aliphatic rings. The highest BCUT2D eigenvalue weighted by Gasteiger charge is 2.39. The van der Waals surface area contributed by atoms with Crippen molar-refractivity contribution >= 4 is 51.0 Å². The minimum Gasteiger partial charge on any atom is -0.481 e. The zero-order valence-corrected chi connectivity index (χ0v) is 26.4. The van der Waals surface area contributed by atoms with Crippen LogP contribution in [0.3, 0.4) is 0 Å². The number of non-ortho nitro benzene ring substituents is 1. The van der Waals surface area contributed by atoms with E-state index in [1.807, 2.05) is 0 Å². The number of nitro benzene ring substituents is 1. The van der Waals surface area contributed by atoms with Crippen molar-refractivity contribution in [1.29, 1.82) is 5.41 Å². The van der Waals surface area contributed by atoms with E-state index >= 15 is 0 Å². The molecule has 2 aromatic carbocycles. The van der Waals surface area contributed by atoms with Gasteiger partial charge in [-0.25, -0.2) is 8.42 Å². The highest BCUT2D eigenvalue weighted by Crippen LogP contribution is 2.22. The van der Waals surface area contributed by atoms with Crippen molar-refractivity contribution in [2.24, 2.45) is 5.73 Å². The lowest BCUT2D eigenvalue weighted by Gasteiger charge is -2.29. The number of sulfonamides is 1. The third-order valence-electron chi connectivity index (χ3n) is 7.38. The van der Waals surface area contributed by atoms with Crippen LogP contribution in [0.2, 0.25) is 0 Å². The molecule has 0 aliphatic carbocycles. The average Bonchev–Trinajstić information content (AvgIpc) is 3.51. The molecule has 47 heavy (non-hydrogen) atoms. The van der Waals surface area contributed by atoms with Gasteiger partial charge in [0.1, 0.15) is 18.1 Å². The molecule has 1 aliphatic heterocycles. The van der Waals surface area contributed by atoms with Gasteiger partial charge in [0.05, 0.1) is 9.82 Å². The van der Waals surface area contributed by atoms with Crippen LogP contribution in [-0.4, -0.2) is 84.2 Å². The predicted molar refractivity (Wildman–Crippen MR) is 170 cm³/mol. The molecule has 0 bridgehead atoms. The number of aryl methyl sites for hydroxylation is 1. The summed E-state index contributed by atoms with van der Waals surface area (Å²) in [5.41, 5.74) is 6.18. The van der Waals surface area contributed by atoms with E-state index in [4.69, 9.17) is 11.1 Å². The number of carboxylic acid groups (broad SMARTS) is 1. The zero-order chi connectivity index (χ0) is 34.7. The summed E-state index contributed by atoms with van der Waals surface area (Å²) in [4.78, 5) is 63.3. The molecular formula is C29H38N8O9S. The van der Waals surface area contributed by atoms with Crippen LogP contribution in [0, 0.1) is 22.4 Å². The second-order valence-corrected chi connectivity index (χ2v) is 12.7. The van der Waals surface area contributed by atoms with E-state index in [0.717, 1.165) is 5.56 Å². The number of hydrogen-bond donors (Lipinski definition) is 7. The third kappa shape index (κ3) is 10.7. The van der Waals surface area contributed by atoms with Gasteiger partial charge in [-0.3, -0.25) is 34.7 Å². The lowest BCUT2D eigenvalue weighted by molar-refractivity contribution is -0.384. The molecule has 0 spiro atoms. The molecule has 18 heteroatoms. The van der Waals surface area contributed by atoms with Gasteiger partial charge >= 0.3 is 5.97 Å². The number of nitro groups is 1. The average molecular weight is 675 g/mol. The first-order valence-corrected chi connectivity index (χ1v) is 16.2. The third-order valence-corrected chi connectivity index (χ3v) is 8.86. The number of amides is 3. The van der Waals surface area contributed by atoms with E-state index in [-0.39, 0.29) is 54.6 Å². The Bertz CT molecular complexity index is 1580. The minimum absolute atomic E-state index is 0.0864. The molecular weight excluding hydrogens is 636 g/mol. The van der Waals surface area contributed by atoms with Crippen LogP contribution in [0.1, 0.15) is 44.1 Å². The molecule has 0 radical (unpaired) electrons. The fourth-order valence-corrected chi connectivity index (χ4v) is 6.16. The lowest BCUT2D eigenvalue weighted by Crippen LogP contribution is -2.55. The molecule has 3 amide bonds. The number of rotatable bonds is 16. The van der Waals surface area contributed by atoms with Crippen LogP contribution in [0.25, 0.3) is 0 Å². The number of likely N-dealkylation sites (tertiary alicyclic amines) is 1. The van der Waals surface area contributed by atoms with Crippen molar-refractivity contribution in [3.05, 3.63) is 64.2 Å². The maximum Gasteiger partial charge on any atom is 0.303 e. The maximum atomic E-state index is 13.7. The van der Waals surface area contributed by atoms with Crippen molar-refractivity contribution < 1.29 is 37.6 Å². The van der Waals surface area contributed by atoms with Gasteiger partial charge in [0.2, 0.25) is 27.7 Å². The van der Waals surface area contributed by atoms with Crippen LogP contribution in [0.4, 0.5) is 11.4 Å². The number of carbonyl (C=O) groups is 4. The minimum atomic E-state index is -4.23. The van der Waals surface area contributed by atoms with E-state index in [1.165, 1.54) is 41.3 Å². The Balaban J connectivity index is 1.78. The highest BCUT2D eigenvalue weighted by molar-refractivity contribution is 7.89.